The van der Waals surface area contributed by atoms with Crippen molar-refractivity contribution < 1.29 is 22.7 Å². The molecule has 1 atom stereocenters. The predicted octanol–water partition coefficient (Wildman–Crippen LogP) is 0.924. The molecule has 1 aliphatic heterocycles. The fraction of sp³-hybridized carbons (Fsp3) is 0.583. The molecule has 0 amide bonds. The van der Waals surface area contributed by atoms with E-state index in [0.717, 1.165) is 11.1 Å². The molecule has 3 N–H and O–H groups in total. The number of carbonyl (C=O) groups is 1. The van der Waals surface area contributed by atoms with Gasteiger partial charge in [0.25, 0.3) is 0 Å². The normalized spacial score (nSPS) is 18.8. The molecule has 1 aliphatic rings. The van der Waals surface area contributed by atoms with Crippen LogP contribution in [0.4, 0.5) is 0 Å². The number of carboxylic acid groups (broad SMARTS) is 1. The molecule has 1 aromatic rings. The average molecular weight is 287 g/mol. The number of furan rings is 1. The molecular weight excluding hydrogens is 270 g/mol. The summed E-state index contributed by atoms with van der Waals surface area (Å²) >= 11 is 0. The zero-order chi connectivity index (χ0) is 14.2. The molecule has 0 saturated heterocycles. The first-order chi connectivity index (χ1) is 8.80. The van der Waals surface area contributed by atoms with E-state index in [9.17, 15) is 13.2 Å². The summed E-state index contributed by atoms with van der Waals surface area (Å²) in [6, 6.07) is -0.426. The molecule has 0 aliphatic carbocycles. The number of hydrogen-bond acceptors (Lipinski definition) is 5. The number of carboxylic acids is 1. The van der Waals surface area contributed by atoms with Crippen LogP contribution in [0, 0.1) is 6.92 Å². The third-order valence-corrected chi connectivity index (χ3v) is 4.90. The summed E-state index contributed by atoms with van der Waals surface area (Å²) in [6.45, 7) is 1.74. The van der Waals surface area contributed by atoms with Crippen molar-refractivity contribution in [1.82, 2.24) is 0 Å². The predicted molar refractivity (Wildman–Crippen MR) is 68.4 cm³/mol. The number of nitrogens with two attached hydrogens (primary N) is 1. The van der Waals surface area contributed by atoms with Crippen LogP contribution in [0.3, 0.4) is 0 Å². The largest absolute Gasteiger partial charge is 0.481 e. The van der Waals surface area contributed by atoms with E-state index < -0.39 is 21.8 Å². The second-order valence-corrected chi connectivity index (χ2v) is 7.04. The summed E-state index contributed by atoms with van der Waals surface area (Å²) in [6.07, 6.45) is 0.693. The highest BCUT2D eigenvalue weighted by Gasteiger charge is 2.30. The molecule has 1 aromatic heterocycles. The Labute approximate surface area is 111 Å². The Kier molecular flexibility index (Phi) is 3.69. The maximum Gasteiger partial charge on any atom is 0.303 e. The lowest BCUT2D eigenvalue weighted by atomic mass is 9.96. The molecule has 1 unspecified atom stereocenters. The van der Waals surface area contributed by atoms with Gasteiger partial charge in [-0.15, -0.1) is 0 Å². The number of rotatable bonds is 4. The minimum absolute atomic E-state index is 0.0150. The van der Waals surface area contributed by atoms with Crippen molar-refractivity contribution in [2.24, 2.45) is 5.73 Å². The maximum absolute atomic E-state index is 11.5. The molecule has 0 saturated carbocycles. The van der Waals surface area contributed by atoms with Gasteiger partial charge in [0.2, 0.25) is 0 Å². The third kappa shape index (κ3) is 2.98. The zero-order valence-electron chi connectivity index (χ0n) is 10.7. The summed E-state index contributed by atoms with van der Waals surface area (Å²) in [4.78, 5) is 10.6. The number of aliphatic carboxylic acids is 1. The van der Waals surface area contributed by atoms with Crippen molar-refractivity contribution in [3.8, 4) is 0 Å². The van der Waals surface area contributed by atoms with Crippen molar-refractivity contribution in [2.75, 3.05) is 5.75 Å². The molecule has 6 nitrogen and oxygen atoms in total. The monoisotopic (exact) mass is 287 g/mol. The molecule has 0 spiro atoms. The van der Waals surface area contributed by atoms with E-state index in [4.69, 9.17) is 15.3 Å². The Hall–Kier alpha value is -1.34. The van der Waals surface area contributed by atoms with E-state index in [1.165, 1.54) is 0 Å². The quantitative estimate of drug-likeness (QED) is 0.852. The molecule has 7 heteroatoms. The number of aryl methyl sites for hydroxylation is 1. The van der Waals surface area contributed by atoms with Gasteiger partial charge in [0.1, 0.15) is 17.3 Å². The third-order valence-electron chi connectivity index (χ3n) is 3.37. The smallest absolute Gasteiger partial charge is 0.303 e. The molecular formula is C12H17NO5S. The van der Waals surface area contributed by atoms with Crippen molar-refractivity contribution in [2.45, 2.75) is 38.0 Å². The van der Waals surface area contributed by atoms with Crippen LogP contribution in [0.15, 0.2) is 4.42 Å². The Morgan fingerprint density at radius 1 is 1.53 bits per heavy atom. The fourth-order valence-corrected chi connectivity index (χ4v) is 3.78. The van der Waals surface area contributed by atoms with Gasteiger partial charge in [0.15, 0.2) is 9.84 Å². The topological polar surface area (TPSA) is 111 Å². The number of sulfone groups is 1. The van der Waals surface area contributed by atoms with Gasteiger partial charge >= 0.3 is 5.97 Å². The number of hydrogen-bond donors (Lipinski definition) is 2. The standard InChI is InChI=1S/C12H17NO5S/c1-7-12(9(13)2-3-11(14)15)8-4-5-19(16,17)6-10(8)18-7/h9H,2-6,13H2,1H3,(H,14,15). The Morgan fingerprint density at radius 2 is 2.21 bits per heavy atom. The second kappa shape index (κ2) is 4.97. The molecule has 19 heavy (non-hydrogen) atoms. The van der Waals surface area contributed by atoms with Gasteiger partial charge < -0.3 is 15.3 Å². The van der Waals surface area contributed by atoms with Gasteiger partial charge in [0.05, 0.1) is 5.75 Å². The minimum atomic E-state index is -3.08. The highest BCUT2D eigenvalue weighted by molar-refractivity contribution is 7.90. The molecule has 2 heterocycles. The van der Waals surface area contributed by atoms with Crippen LogP contribution >= 0.6 is 0 Å². The Morgan fingerprint density at radius 3 is 2.84 bits per heavy atom. The van der Waals surface area contributed by atoms with Gasteiger partial charge in [-0.05, 0) is 19.8 Å². The lowest BCUT2D eigenvalue weighted by molar-refractivity contribution is -0.137. The summed E-state index contributed by atoms with van der Waals surface area (Å²) in [5.41, 5.74) is 7.64. The van der Waals surface area contributed by atoms with Crippen molar-refractivity contribution in [3.63, 3.8) is 0 Å². The van der Waals surface area contributed by atoms with Crippen molar-refractivity contribution >= 4 is 15.8 Å². The minimum Gasteiger partial charge on any atom is -0.481 e. The lowest BCUT2D eigenvalue weighted by Gasteiger charge is -2.15. The second-order valence-electron chi connectivity index (χ2n) is 4.85. The first kappa shape index (κ1) is 14.1. The average Bonchev–Trinajstić information content (AvgIpc) is 2.59. The van der Waals surface area contributed by atoms with Gasteiger partial charge in [0, 0.05) is 23.6 Å². The van der Waals surface area contributed by atoms with E-state index in [-0.39, 0.29) is 17.9 Å². The van der Waals surface area contributed by atoms with Crippen LogP contribution in [-0.2, 0) is 26.8 Å². The highest BCUT2D eigenvalue weighted by atomic mass is 32.2. The van der Waals surface area contributed by atoms with Crippen molar-refractivity contribution in [1.29, 1.82) is 0 Å². The Balaban J connectivity index is 2.28. The summed E-state index contributed by atoms with van der Waals surface area (Å²) < 4.78 is 28.6. The van der Waals surface area contributed by atoms with Crippen LogP contribution in [-0.4, -0.2) is 25.2 Å². The van der Waals surface area contributed by atoms with Crippen LogP contribution in [0.5, 0.6) is 0 Å². The summed E-state index contributed by atoms with van der Waals surface area (Å²) in [7, 11) is -3.08. The van der Waals surface area contributed by atoms with Gasteiger partial charge in [-0.2, -0.15) is 0 Å². The molecule has 0 radical (unpaired) electrons. The summed E-state index contributed by atoms with van der Waals surface area (Å²) in [5, 5.41) is 8.68. The van der Waals surface area contributed by atoms with Gasteiger partial charge in [-0.25, -0.2) is 8.42 Å². The molecule has 2 rings (SSSR count). The SMILES string of the molecule is Cc1oc2c(c1C(N)CCC(=O)O)CCS(=O)(=O)C2. The first-order valence-electron chi connectivity index (χ1n) is 6.09. The van der Waals surface area contributed by atoms with Gasteiger partial charge in [-0.3, -0.25) is 4.79 Å². The molecule has 106 valence electrons. The van der Waals surface area contributed by atoms with Gasteiger partial charge in [-0.1, -0.05) is 0 Å². The van der Waals surface area contributed by atoms with Crippen LogP contribution in [0.2, 0.25) is 0 Å². The van der Waals surface area contributed by atoms with Crippen LogP contribution < -0.4 is 5.73 Å². The van der Waals surface area contributed by atoms with E-state index in [1.54, 1.807) is 6.92 Å². The van der Waals surface area contributed by atoms with E-state index in [0.29, 0.717) is 24.4 Å². The zero-order valence-corrected chi connectivity index (χ0v) is 11.5. The molecule has 0 fully saturated rings. The van der Waals surface area contributed by atoms with E-state index >= 15 is 0 Å². The van der Waals surface area contributed by atoms with Crippen molar-refractivity contribution in [3.05, 3.63) is 22.6 Å². The van der Waals surface area contributed by atoms with E-state index in [2.05, 4.69) is 0 Å². The molecule has 0 bridgehead atoms. The molecule has 0 aromatic carbocycles. The number of fused-ring (bicyclic) bond motifs is 1. The Bertz CT molecular complexity index is 602. The first-order valence-corrected chi connectivity index (χ1v) is 7.91. The maximum atomic E-state index is 11.5. The van der Waals surface area contributed by atoms with Crippen LogP contribution in [0.1, 0.15) is 41.5 Å². The summed E-state index contributed by atoms with van der Waals surface area (Å²) in [5.74, 6) is 0.171. The highest BCUT2D eigenvalue weighted by Crippen LogP contribution is 2.33. The lowest BCUT2D eigenvalue weighted by Crippen LogP contribution is -2.21. The van der Waals surface area contributed by atoms with Crippen LogP contribution in [0.25, 0.3) is 0 Å². The fourth-order valence-electron chi connectivity index (χ4n) is 2.49. The van der Waals surface area contributed by atoms with E-state index in [1.807, 2.05) is 0 Å².